The molecule has 2 N–H and O–H groups in total. The van der Waals surface area contributed by atoms with Gasteiger partial charge in [-0.1, -0.05) is 6.92 Å². The Hall–Kier alpha value is -1.10. The Morgan fingerprint density at radius 1 is 1.42 bits per heavy atom. The van der Waals surface area contributed by atoms with E-state index >= 15 is 0 Å². The number of nitrogens with one attached hydrogen (secondary N) is 2. The van der Waals surface area contributed by atoms with Crippen molar-refractivity contribution < 1.29 is 4.42 Å². The normalized spacial score (nSPS) is 15.1. The highest BCUT2D eigenvalue weighted by molar-refractivity contribution is 7.99. The monoisotopic (exact) mass is 283 g/mol. The molecule has 0 saturated heterocycles. The third-order valence-electron chi connectivity index (χ3n) is 2.79. The number of hydrogen-bond donors (Lipinski definition) is 2. The molecule has 0 bridgehead atoms. The lowest BCUT2D eigenvalue weighted by Gasteiger charge is -2.16. The van der Waals surface area contributed by atoms with Crippen molar-refractivity contribution in [2.45, 2.75) is 39.0 Å². The first-order chi connectivity index (χ1) is 9.06. The predicted octanol–water partition coefficient (Wildman–Crippen LogP) is 2.96. The molecule has 0 aliphatic heterocycles. The second-order valence-corrected chi connectivity index (χ2v) is 5.86. The number of thioether (sulfide) groups is 1. The molecule has 0 spiro atoms. The zero-order valence-corrected chi connectivity index (χ0v) is 13.3. The van der Waals surface area contributed by atoms with E-state index in [2.05, 4.69) is 42.7 Å². The van der Waals surface area contributed by atoms with Crippen LogP contribution in [0.15, 0.2) is 21.5 Å². The van der Waals surface area contributed by atoms with Gasteiger partial charge >= 0.3 is 0 Å². The summed E-state index contributed by atoms with van der Waals surface area (Å²) in [5.74, 6) is 2.70. The Morgan fingerprint density at radius 3 is 2.68 bits per heavy atom. The molecule has 1 rings (SSSR count). The number of furan rings is 1. The summed E-state index contributed by atoms with van der Waals surface area (Å²) in [6.07, 6.45) is 2.11. The summed E-state index contributed by atoms with van der Waals surface area (Å²) in [5, 5.41) is 7.14. The maximum absolute atomic E-state index is 5.62. The standard InChI is InChI=1S/C14H25N3OS/c1-6-15-14(16-9-11(3)19-5)17-12(4)13-8-7-10(2)18-13/h7-8,11-12H,6,9H2,1-5H3,(H2,15,16,17). The summed E-state index contributed by atoms with van der Waals surface area (Å²) in [5.41, 5.74) is 0. The molecular weight excluding hydrogens is 258 g/mol. The highest BCUT2D eigenvalue weighted by atomic mass is 32.2. The van der Waals surface area contributed by atoms with Gasteiger partial charge in [-0.2, -0.15) is 11.8 Å². The third kappa shape index (κ3) is 5.59. The van der Waals surface area contributed by atoms with Crippen molar-refractivity contribution in [1.82, 2.24) is 10.6 Å². The van der Waals surface area contributed by atoms with Crippen molar-refractivity contribution in [3.05, 3.63) is 23.7 Å². The van der Waals surface area contributed by atoms with Crippen molar-refractivity contribution in [3.63, 3.8) is 0 Å². The van der Waals surface area contributed by atoms with Gasteiger partial charge in [0.2, 0.25) is 0 Å². The number of guanidine groups is 1. The molecule has 0 aliphatic rings. The number of rotatable bonds is 6. The maximum Gasteiger partial charge on any atom is 0.191 e. The number of nitrogens with zero attached hydrogens (tertiary/aromatic N) is 1. The first-order valence-electron chi connectivity index (χ1n) is 6.70. The van der Waals surface area contributed by atoms with Crippen LogP contribution < -0.4 is 10.6 Å². The Kier molecular flexibility index (Phi) is 6.84. The van der Waals surface area contributed by atoms with Gasteiger partial charge in [0.1, 0.15) is 11.5 Å². The van der Waals surface area contributed by atoms with E-state index in [0.717, 1.165) is 30.6 Å². The van der Waals surface area contributed by atoms with Gasteiger partial charge in [0.25, 0.3) is 0 Å². The molecule has 19 heavy (non-hydrogen) atoms. The van der Waals surface area contributed by atoms with Gasteiger partial charge in [0.05, 0.1) is 12.6 Å². The van der Waals surface area contributed by atoms with Crippen LogP contribution in [0.25, 0.3) is 0 Å². The summed E-state index contributed by atoms with van der Waals surface area (Å²) in [4.78, 5) is 4.59. The summed E-state index contributed by atoms with van der Waals surface area (Å²) >= 11 is 1.82. The summed E-state index contributed by atoms with van der Waals surface area (Å²) < 4.78 is 5.62. The molecule has 0 radical (unpaired) electrons. The fourth-order valence-corrected chi connectivity index (χ4v) is 1.80. The van der Waals surface area contributed by atoms with Crippen LogP contribution in [-0.4, -0.2) is 30.6 Å². The Bertz CT molecular complexity index is 403. The quantitative estimate of drug-likeness (QED) is 0.622. The van der Waals surface area contributed by atoms with Gasteiger partial charge in [-0.3, -0.25) is 4.99 Å². The topological polar surface area (TPSA) is 49.6 Å². The van der Waals surface area contributed by atoms with Crippen LogP contribution >= 0.6 is 11.8 Å². The molecule has 1 heterocycles. The molecule has 5 heteroatoms. The lowest BCUT2D eigenvalue weighted by molar-refractivity contribution is 0.441. The minimum absolute atomic E-state index is 0.107. The van der Waals surface area contributed by atoms with Crippen LogP contribution in [-0.2, 0) is 0 Å². The summed E-state index contributed by atoms with van der Waals surface area (Å²) in [7, 11) is 0. The predicted molar refractivity (Wildman–Crippen MR) is 84.0 cm³/mol. The Labute approximate surface area is 120 Å². The van der Waals surface area contributed by atoms with E-state index in [9.17, 15) is 0 Å². The maximum atomic E-state index is 5.62. The van der Waals surface area contributed by atoms with E-state index < -0.39 is 0 Å². The molecule has 108 valence electrons. The lowest BCUT2D eigenvalue weighted by atomic mass is 10.2. The van der Waals surface area contributed by atoms with E-state index in [1.54, 1.807) is 0 Å². The molecule has 0 amide bonds. The lowest BCUT2D eigenvalue weighted by Crippen LogP contribution is -2.39. The molecule has 2 atom stereocenters. The van der Waals surface area contributed by atoms with Crippen molar-refractivity contribution in [2.24, 2.45) is 4.99 Å². The summed E-state index contributed by atoms with van der Waals surface area (Å²) in [6, 6.07) is 4.09. The fourth-order valence-electron chi connectivity index (χ4n) is 1.58. The molecule has 0 aliphatic carbocycles. The minimum Gasteiger partial charge on any atom is -0.464 e. The highest BCUT2D eigenvalue weighted by Gasteiger charge is 2.11. The van der Waals surface area contributed by atoms with Crippen LogP contribution in [0.4, 0.5) is 0 Å². The molecular formula is C14H25N3OS. The fraction of sp³-hybridized carbons (Fsp3) is 0.643. The first kappa shape index (κ1) is 16.0. The summed E-state index contributed by atoms with van der Waals surface area (Å²) in [6.45, 7) is 9.93. The number of aliphatic imine (C=N–C) groups is 1. The van der Waals surface area contributed by atoms with E-state index in [1.807, 2.05) is 30.8 Å². The van der Waals surface area contributed by atoms with Gasteiger partial charge in [-0.25, -0.2) is 0 Å². The minimum atomic E-state index is 0.107. The zero-order chi connectivity index (χ0) is 14.3. The molecule has 0 aromatic carbocycles. The number of aryl methyl sites for hydroxylation is 1. The van der Waals surface area contributed by atoms with E-state index in [4.69, 9.17) is 4.42 Å². The van der Waals surface area contributed by atoms with Crippen LogP contribution in [0.2, 0.25) is 0 Å². The Balaban J connectivity index is 2.62. The average molecular weight is 283 g/mol. The smallest absolute Gasteiger partial charge is 0.191 e. The van der Waals surface area contributed by atoms with Crippen LogP contribution in [0.1, 0.15) is 38.3 Å². The van der Waals surface area contributed by atoms with Gasteiger partial charge in [-0.15, -0.1) is 0 Å². The van der Waals surface area contributed by atoms with Gasteiger partial charge in [0, 0.05) is 11.8 Å². The van der Waals surface area contributed by atoms with Crippen LogP contribution in [0.3, 0.4) is 0 Å². The third-order valence-corrected chi connectivity index (χ3v) is 3.75. The first-order valence-corrected chi connectivity index (χ1v) is 7.99. The molecule has 1 aromatic rings. The van der Waals surface area contributed by atoms with E-state index in [1.165, 1.54) is 0 Å². The molecule has 4 nitrogen and oxygen atoms in total. The molecule has 0 saturated carbocycles. The SMILES string of the molecule is CCNC(=NCC(C)SC)NC(C)c1ccc(C)o1. The Morgan fingerprint density at radius 2 is 2.16 bits per heavy atom. The van der Waals surface area contributed by atoms with Crippen molar-refractivity contribution in [1.29, 1.82) is 0 Å². The van der Waals surface area contributed by atoms with Gasteiger partial charge < -0.3 is 15.1 Å². The van der Waals surface area contributed by atoms with Crippen molar-refractivity contribution >= 4 is 17.7 Å². The van der Waals surface area contributed by atoms with Gasteiger partial charge in [-0.05, 0) is 39.2 Å². The van der Waals surface area contributed by atoms with Crippen molar-refractivity contribution in [2.75, 3.05) is 19.3 Å². The van der Waals surface area contributed by atoms with Crippen molar-refractivity contribution in [3.8, 4) is 0 Å². The molecule has 2 unspecified atom stereocenters. The highest BCUT2D eigenvalue weighted by Crippen LogP contribution is 2.15. The zero-order valence-electron chi connectivity index (χ0n) is 12.5. The average Bonchev–Trinajstić information content (AvgIpc) is 2.82. The number of hydrogen-bond acceptors (Lipinski definition) is 3. The van der Waals surface area contributed by atoms with Crippen LogP contribution in [0.5, 0.6) is 0 Å². The molecule has 0 fully saturated rings. The second kappa shape index (κ2) is 8.15. The van der Waals surface area contributed by atoms with Crippen LogP contribution in [0, 0.1) is 6.92 Å². The second-order valence-electron chi connectivity index (χ2n) is 4.58. The van der Waals surface area contributed by atoms with E-state index in [0.29, 0.717) is 5.25 Å². The van der Waals surface area contributed by atoms with Gasteiger partial charge in [0.15, 0.2) is 5.96 Å². The largest absolute Gasteiger partial charge is 0.464 e. The van der Waals surface area contributed by atoms with E-state index in [-0.39, 0.29) is 6.04 Å². The molecule has 1 aromatic heterocycles.